The van der Waals surface area contributed by atoms with Gasteiger partial charge in [0.25, 0.3) is 5.91 Å². The Kier molecular flexibility index (Phi) is 6.27. The molecule has 0 unspecified atom stereocenters. The van der Waals surface area contributed by atoms with E-state index < -0.39 is 11.7 Å². The van der Waals surface area contributed by atoms with Gasteiger partial charge in [-0.25, -0.2) is 9.97 Å². The summed E-state index contributed by atoms with van der Waals surface area (Å²) in [5.74, 6) is -0.329. The number of pyridine rings is 1. The molecular formula is C21H17ClF3N3O2S. The zero-order valence-electron chi connectivity index (χ0n) is 16.1. The van der Waals surface area contributed by atoms with E-state index in [-0.39, 0.29) is 23.7 Å². The minimum absolute atomic E-state index is 0.134. The van der Waals surface area contributed by atoms with Crippen molar-refractivity contribution in [3.8, 4) is 11.3 Å². The SMILES string of the molecule is O=C(c1ccc(Cl)nc1)N(C[C@@H]1CCCO1)c1nc(-c2cccc(C(F)(F)F)c2)cs1. The van der Waals surface area contributed by atoms with Gasteiger partial charge >= 0.3 is 6.18 Å². The Morgan fingerprint density at radius 2 is 2.13 bits per heavy atom. The zero-order valence-corrected chi connectivity index (χ0v) is 17.7. The molecule has 1 atom stereocenters. The third kappa shape index (κ3) is 5.06. The predicted molar refractivity (Wildman–Crippen MR) is 112 cm³/mol. The number of nitrogens with zero attached hydrogens (tertiary/aromatic N) is 3. The number of benzene rings is 1. The lowest BCUT2D eigenvalue weighted by Crippen LogP contribution is -2.37. The van der Waals surface area contributed by atoms with Gasteiger partial charge in [-0.05, 0) is 37.1 Å². The van der Waals surface area contributed by atoms with Crippen molar-refractivity contribution in [3.05, 3.63) is 64.3 Å². The summed E-state index contributed by atoms with van der Waals surface area (Å²) in [4.78, 5) is 23.1. The molecule has 3 aromatic rings. The fourth-order valence-electron chi connectivity index (χ4n) is 3.27. The molecule has 1 fully saturated rings. The number of amides is 1. The first-order valence-electron chi connectivity index (χ1n) is 9.49. The molecule has 0 radical (unpaired) electrons. The smallest absolute Gasteiger partial charge is 0.376 e. The highest BCUT2D eigenvalue weighted by atomic mass is 35.5. The van der Waals surface area contributed by atoms with E-state index in [1.54, 1.807) is 17.5 Å². The second-order valence-corrected chi connectivity index (χ2v) is 8.24. The molecular weight excluding hydrogens is 451 g/mol. The second kappa shape index (κ2) is 8.94. The molecule has 0 saturated carbocycles. The van der Waals surface area contributed by atoms with E-state index in [1.807, 2.05) is 0 Å². The molecule has 0 aliphatic carbocycles. The number of rotatable bonds is 5. The van der Waals surface area contributed by atoms with Gasteiger partial charge in [0.05, 0.1) is 29.5 Å². The first-order valence-corrected chi connectivity index (χ1v) is 10.8. The number of thiazole rings is 1. The van der Waals surface area contributed by atoms with Crippen molar-refractivity contribution in [2.24, 2.45) is 0 Å². The average Bonchev–Trinajstić information content (AvgIpc) is 3.44. The fourth-order valence-corrected chi connectivity index (χ4v) is 4.23. The molecule has 5 nitrogen and oxygen atoms in total. The molecule has 1 aliphatic heterocycles. The molecule has 1 amide bonds. The van der Waals surface area contributed by atoms with Crippen molar-refractivity contribution >= 4 is 34.0 Å². The highest BCUT2D eigenvalue weighted by molar-refractivity contribution is 7.14. The Labute approximate surface area is 185 Å². The number of ether oxygens (including phenoxy) is 1. The van der Waals surface area contributed by atoms with Crippen LogP contribution in [0, 0.1) is 0 Å². The first kappa shape index (κ1) is 21.7. The van der Waals surface area contributed by atoms with Crippen LogP contribution in [0.2, 0.25) is 5.15 Å². The van der Waals surface area contributed by atoms with Crippen molar-refractivity contribution in [2.45, 2.75) is 25.1 Å². The van der Waals surface area contributed by atoms with Gasteiger partial charge in [-0.2, -0.15) is 13.2 Å². The number of hydrogen-bond donors (Lipinski definition) is 0. The molecule has 4 rings (SSSR count). The van der Waals surface area contributed by atoms with Gasteiger partial charge < -0.3 is 4.74 Å². The van der Waals surface area contributed by atoms with Crippen LogP contribution in [-0.4, -0.2) is 35.1 Å². The maximum absolute atomic E-state index is 13.2. The lowest BCUT2D eigenvalue weighted by Gasteiger charge is -2.23. The summed E-state index contributed by atoms with van der Waals surface area (Å²) in [6.45, 7) is 0.916. The minimum Gasteiger partial charge on any atom is -0.376 e. The van der Waals surface area contributed by atoms with Gasteiger partial charge in [-0.3, -0.25) is 9.69 Å². The maximum Gasteiger partial charge on any atom is 0.416 e. The molecule has 0 spiro atoms. The second-order valence-electron chi connectivity index (χ2n) is 7.01. The first-order chi connectivity index (χ1) is 14.8. The van der Waals surface area contributed by atoms with Gasteiger partial charge in [0.1, 0.15) is 5.15 Å². The summed E-state index contributed by atoms with van der Waals surface area (Å²) >= 11 is 7.01. The van der Waals surface area contributed by atoms with Crippen LogP contribution < -0.4 is 4.90 Å². The van der Waals surface area contributed by atoms with Crippen molar-refractivity contribution in [3.63, 3.8) is 0 Å². The van der Waals surface area contributed by atoms with Crippen LogP contribution in [0.15, 0.2) is 48.0 Å². The molecule has 1 saturated heterocycles. The summed E-state index contributed by atoms with van der Waals surface area (Å²) in [6, 6.07) is 8.05. The molecule has 0 N–H and O–H groups in total. The normalized spacial score (nSPS) is 16.5. The van der Waals surface area contributed by atoms with Crippen LogP contribution in [0.3, 0.4) is 0 Å². The Morgan fingerprint density at radius 1 is 1.29 bits per heavy atom. The molecule has 1 aromatic carbocycles. The largest absolute Gasteiger partial charge is 0.416 e. The lowest BCUT2D eigenvalue weighted by molar-refractivity contribution is -0.137. The van der Waals surface area contributed by atoms with Gasteiger partial charge in [0.2, 0.25) is 0 Å². The zero-order chi connectivity index (χ0) is 22.0. The van der Waals surface area contributed by atoms with Crippen molar-refractivity contribution in [1.29, 1.82) is 0 Å². The van der Waals surface area contributed by atoms with Gasteiger partial charge in [0.15, 0.2) is 5.13 Å². The molecule has 10 heteroatoms. The standard InChI is InChI=1S/C21H17ClF3N3O2S/c22-18-7-6-14(10-26-18)19(29)28(11-16-5-2-8-30-16)20-27-17(12-31-20)13-3-1-4-15(9-13)21(23,24)25/h1,3-4,6-7,9-10,12,16H,2,5,8,11H2/t16-/m0/s1. The molecule has 2 aromatic heterocycles. The van der Waals surface area contributed by atoms with Crippen LogP contribution in [0.4, 0.5) is 18.3 Å². The van der Waals surface area contributed by atoms with Crippen LogP contribution in [-0.2, 0) is 10.9 Å². The van der Waals surface area contributed by atoms with Gasteiger partial charge in [-0.15, -0.1) is 11.3 Å². The molecule has 0 bridgehead atoms. The predicted octanol–water partition coefficient (Wildman–Crippen LogP) is 5.70. The number of anilines is 1. The van der Waals surface area contributed by atoms with Crippen molar-refractivity contribution in [1.82, 2.24) is 9.97 Å². The number of carbonyl (C=O) groups is 1. The van der Waals surface area contributed by atoms with Gasteiger partial charge in [-0.1, -0.05) is 23.7 Å². The van der Waals surface area contributed by atoms with Crippen LogP contribution in [0.25, 0.3) is 11.3 Å². The Morgan fingerprint density at radius 3 is 2.81 bits per heavy atom. The minimum atomic E-state index is -4.45. The van der Waals surface area contributed by atoms with Crippen molar-refractivity contribution in [2.75, 3.05) is 18.1 Å². The van der Waals surface area contributed by atoms with E-state index in [9.17, 15) is 18.0 Å². The quantitative estimate of drug-likeness (QED) is 0.451. The number of alkyl halides is 3. The molecule has 31 heavy (non-hydrogen) atoms. The lowest BCUT2D eigenvalue weighted by atomic mass is 10.1. The Balaban J connectivity index is 1.65. The number of carbonyl (C=O) groups excluding carboxylic acids is 1. The van der Waals surface area contributed by atoms with E-state index in [0.29, 0.717) is 28.6 Å². The maximum atomic E-state index is 13.2. The molecule has 162 valence electrons. The van der Waals surface area contributed by atoms with Crippen LogP contribution >= 0.6 is 22.9 Å². The summed E-state index contributed by atoms with van der Waals surface area (Å²) < 4.78 is 44.9. The van der Waals surface area contributed by atoms with Crippen molar-refractivity contribution < 1.29 is 22.7 Å². The third-order valence-electron chi connectivity index (χ3n) is 4.84. The Bertz CT molecular complexity index is 1070. The number of aromatic nitrogens is 2. The Hall–Kier alpha value is -2.49. The van der Waals surface area contributed by atoms with E-state index in [0.717, 1.165) is 25.0 Å². The van der Waals surface area contributed by atoms with E-state index in [1.165, 1.54) is 34.6 Å². The monoisotopic (exact) mass is 467 g/mol. The highest BCUT2D eigenvalue weighted by Crippen LogP contribution is 2.34. The highest BCUT2D eigenvalue weighted by Gasteiger charge is 2.31. The van der Waals surface area contributed by atoms with Crippen LogP contribution in [0.5, 0.6) is 0 Å². The molecule has 3 heterocycles. The fraction of sp³-hybridized carbons (Fsp3) is 0.286. The number of hydrogen-bond acceptors (Lipinski definition) is 5. The van der Waals surface area contributed by atoms with Gasteiger partial charge in [0, 0.05) is 23.7 Å². The number of halogens is 4. The van der Waals surface area contributed by atoms with E-state index >= 15 is 0 Å². The van der Waals surface area contributed by atoms with E-state index in [2.05, 4.69) is 9.97 Å². The molecule has 1 aliphatic rings. The topological polar surface area (TPSA) is 55.3 Å². The summed E-state index contributed by atoms with van der Waals surface area (Å²) in [7, 11) is 0. The third-order valence-corrected chi connectivity index (χ3v) is 5.93. The summed E-state index contributed by atoms with van der Waals surface area (Å²) in [5.41, 5.74) is 0.276. The van der Waals surface area contributed by atoms with Crippen LogP contribution in [0.1, 0.15) is 28.8 Å². The average molecular weight is 468 g/mol. The summed E-state index contributed by atoms with van der Waals surface area (Å²) in [5, 5.41) is 2.28. The van der Waals surface area contributed by atoms with E-state index in [4.69, 9.17) is 16.3 Å². The summed E-state index contributed by atoms with van der Waals surface area (Å²) in [6.07, 6.45) is -1.48.